The predicted molar refractivity (Wildman–Crippen MR) is 51.0 cm³/mol. The van der Waals surface area contributed by atoms with Gasteiger partial charge >= 0.3 is 0 Å². The van der Waals surface area contributed by atoms with Gasteiger partial charge in [-0.3, -0.25) is 0 Å². The highest BCUT2D eigenvalue weighted by Crippen LogP contribution is 2.32. The largest absolute Gasteiger partial charge is 0.568 e. The van der Waals surface area contributed by atoms with E-state index in [1.54, 1.807) is 0 Å². The first-order chi connectivity index (χ1) is 5.83. The third kappa shape index (κ3) is 1.02. The number of aromatic nitrogens is 1. The summed E-state index contributed by atoms with van der Waals surface area (Å²) in [6, 6.07) is 7.42. The normalized spacial score (nSPS) is 12.2. The van der Waals surface area contributed by atoms with E-state index in [4.69, 9.17) is 4.43 Å². The van der Waals surface area contributed by atoms with E-state index in [9.17, 15) is 4.55 Å². The summed E-state index contributed by atoms with van der Waals surface area (Å²) in [5, 5.41) is 0.867. The molecule has 12 heavy (non-hydrogen) atoms. The van der Waals surface area contributed by atoms with Crippen molar-refractivity contribution in [2.75, 3.05) is 0 Å². The maximum absolute atomic E-state index is 11.3. The summed E-state index contributed by atoms with van der Waals surface area (Å²) in [6.07, 6.45) is 0. The molecule has 0 aliphatic rings. The van der Waals surface area contributed by atoms with Crippen LogP contribution in [0.15, 0.2) is 24.3 Å². The van der Waals surface area contributed by atoms with Gasteiger partial charge in [0.25, 0.3) is 5.88 Å². The molecule has 1 heterocycles. The Balaban J connectivity index is 2.82. The van der Waals surface area contributed by atoms with E-state index < -0.39 is 10.9 Å². The molecular weight excluding hydrogens is 190 g/mol. The number of benzene rings is 1. The van der Waals surface area contributed by atoms with E-state index in [0.717, 1.165) is 10.1 Å². The van der Waals surface area contributed by atoms with Gasteiger partial charge in [-0.1, -0.05) is 12.1 Å². The van der Waals surface area contributed by atoms with Crippen molar-refractivity contribution < 1.29 is 8.98 Å². The van der Waals surface area contributed by atoms with Crippen LogP contribution in [-0.4, -0.2) is 19.4 Å². The van der Waals surface area contributed by atoms with E-state index in [1.807, 2.05) is 24.3 Å². The van der Waals surface area contributed by atoms with Crippen molar-refractivity contribution in [3.8, 4) is 5.88 Å². The van der Waals surface area contributed by atoms with E-state index in [2.05, 4.69) is 4.37 Å². The van der Waals surface area contributed by atoms with Crippen molar-refractivity contribution in [1.29, 1.82) is 0 Å². The fraction of sp³-hybridized carbons (Fsp3) is 0. The summed E-state index contributed by atoms with van der Waals surface area (Å²) in [5.74, 6) is 0.524. The molecule has 0 spiro atoms. The molecule has 5 heteroatoms. The second-order valence-corrected chi connectivity index (χ2v) is 3.87. The Morgan fingerprint density at radius 2 is 2.17 bits per heavy atom. The Labute approximate surface area is 75.5 Å². The summed E-state index contributed by atoms with van der Waals surface area (Å²) in [5.41, 5.74) is 0. The van der Waals surface area contributed by atoms with Crippen molar-refractivity contribution in [3.63, 3.8) is 0 Å². The lowest BCUT2D eigenvalue weighted by Gasteiger charge is -1.89. The van der Waals surface area contributed by atoms with Crippen LogP contribution in [0.1, 0.15) is 0 Å². The third-order valence-electron chi connectivity index (χ3n) is 1.66. The maximum Gasteiger partial charge on any atom is 0.265 e. The molecular formula is C7H7NO2SSi. The zero-order valence-electron chi connectivity index (χ0n) is 6.48. The summed E-state index contributed by atoms with van der Waals surface area (Å²) in [4.78, 5) is 0. The first-order valence-electron chi connectivity index (χ1n) is 3.47. The summed E-state index contributed by atoms with van der Waals surface area (Å²) in [7, 11) is -0.667. The van der Waals surface area contributed by atoms with Crippen molar-refractivity contribution in [2.24, 2.45) is 0 Å². The molecule has 0 amide bonds. The Morgan fingerprint density at radius 1 is 1.42 bits per heavy atom. The van der Waals surface area contributed by atoms with Crippen molar-refractivity contribution in [2.45, 2.75) is 0 Å². The quantitative estimate of drug-likeness (QED) is 0.497. The molecule has 0 saturated heterocycles. The van der Waals surface area contributed by atoms with Gasteiger partial charge in [0, 0.05) is 6.07 Å². The van der Waals surface area contributed by atoms with Gasteiger partial charge in [-0.05, 0) is 10.4 Å². The fourth-order valence-electron chi connectivity index (χ4n) is 1.12. The molecule has 1 aromatic carbocycles. The maximum atomic E-state index is 11.3. The topological polar surface area (TPSA) is 45.2 Å². The minimum absolute atomic E-state index is 0.524. The van der Waals surface area contributed by atoms with Crippen LogP contribution in [0.3, 0.4) is 0 Å². The van der Waals surface area contributed by atoms with Crippen molar-refractivity contribution >= 4 is 31.5 Å². The monoisotopic (exact) mass is 197 g/mol. The molecule has 0 fully saturated rings. The van der Waals surface area contributed by atoms with Crippen molar-refractivity contribution in [1.82, 2.24) is 4.37 Å². The molecule has 0 saturated carbocycles. The van der Waals surface area contributed by atoms with E-state index >= 15 is 0 Å². The van der Waals surface area contributed by atoms with Gasteiger partial charge in [0.05, 0.1) is 10.9 Å². The third-order valence-corrected chi connectivity index (χ3v) is 3.12. The Morgan fingerprint density at radius 3 is 2.92 bits per heavy atom. The number of hydrogen-bond donors (Lipinski definition) is 0. The van der Waals surface area contributed by atoms with Crippen LogP contribution >= 0.6 is 10.9 Å². The second kappa shape index (κ2) is 2.85. The van der Waals surface area contributed by atoms with Crippen LogP contribution in [0.4, 0.5) is 0 Å². The van der Waals surface area contributed by atoms with Crippen LogP contribution in [0.2, 0.25) is 0 Å². The lowest BCUT2D eigenvalue weighted by molar-refractivity contribution is 0.577. The van der Waals surface area contributed by atoms with Gasteiger partial charge in [-0.15, -0.1) is 0 Å². The average molecular weight is 197 g/mol. The van der Waals surface area contributed by atoms with Crippen LogP contribution in [0.25, 0.3) is 10.1 Å². The van der Waals surface area contributed by atoms with Crippen molar-refractivity contribution in [3.05, 3.63) is 24.3 Å². The molecule has 2 aromatic rings. The zero-order chi connectivity index (χ0) is 8.55. The lowest BCUT2D eigenvalue weighted by Crippen LogP contribution is -1.83. The van der Waals surface area contributed by atoms with Gasteiger partial charge < -0.3 is 8.98 Å². The van der Waals surface area contributed by atoms with Gasteiger partial charge in [0.1, 0.15) is 5.39 Å². The number of nitrogens with zero attached hydrogens (tertiary/aromatic N) is 1. The van der Waals surface area contributed by atoms with Gasteiger partial charge in [0.15, 0.2) is 0 Å². The molecule has 0 aliphatic heterocycles. The summed E-state index contributed by atoms with van der Waals surface area (Å²) in [6.45, 7) is 0. The predicted octanol–water partition coefficient (Wildman–Crippen LogP) is 0.622. The standard InChI is InChI=1S/C7H7NO2SSi/c9-11-6-4-2-1-3-5(6)7(8-11)10-12/h1-4H,12H3. The van der Waals surface area contributed by atoms with E-state index in [-0.39, 0.29) is 0 Å². The zero-order valence-corrected chi connectivity index (χ0v) is 9.30. The van der Waals surface area contributed by atoms with E-state index in [0.29, 0.717) is 16.4 Å². The first kappa shape index (κ1) is 7.72. The average Bonchev–Trinajstić information content (AvgIpc) is 2.44. The summed E-state index contributed by atoms with van der Waals surface area (Å²) >= 11 is 0. The molecule has 0 bridgehead atoms. The van der Waals surface area contributed by atoms with Gasteiger partial charge in [-0.25, -0.2) is 0 Å². The van der Waals surface area contributed by atoms with Crippen LogP contribution in [0.5, 0.6) is 5.88 Å². The van der Waals surface area contributed by atoms with Crippen LogP contribution in [0, 0.1) is 0 Å². The fourth-order valence-corrected chi connectivity index (χ4v) is 2.52. The van der Waals surface area contributed by atoms with Gasteiger partial charge in [-0.2, -0.15) is 0 Å². The highest BCUT2D eigenvalue weighted by molar-refractivity contribution is 7.26. The van der Waals surface area contributed by atoms with Gasteiger partial charge in [0.2, 0.25) is 15.2 Å². The molecule has 1 unspecified atom stereocenters. The molecule has 0 radical (unpaired) electrons. The molecule has 62 valence electrons. The van der Waals surface area contributed by atoms with Crippen LogP contribution in [-0.2, 0) is 0 Å². The minimum Gasteiger partial charge on any atom is -0.568 e. The molecule has 1 atom stereocenters. The smallest absolute Gasteiger partial charge is 0.265 e. The number of rotatable bonds is 1. The lowest BCUT2D eigenvalue weighted by atomic mass is 10.3. The molecule has 1 aromatic heterocycles. The SMILES string of the molecule is [O-][s+]1nc(O[SiH3])c2ccccc21. The Hall–Kier alpha value is -0.913. The summed E-state index contributed by atoms with van der Waals surface area (Å²) < 4.78 is 21.0. The minimum atomic E-state index is -1.24. The number of hydrogen-bond acceptors (Lipinski definition) is 3. The number of fused-ring (bicyclic) bond motifs is 1. The molecule has 2 rings (SSSR count). The first-order valence-corrected chi connectivity index (χ1v) is 5.39. The highest BCUT2D eigenvalue weighted by Gasteiger charge is 2.13. The van der Waals surface area contributed by atoms with Crippen LogP contribution < -0.4 is 4.43 Å². The highest BCUT2D eigenvalue weighted by atomic mass is 32.2. The molecule has 0 N–H and O–H groups in total. The Kier molecular flexibility index (Phi) is 1.84. The second-order valence-electron chi connectivity index (χ2n) is 2.35. The van der Waals surface area contributed by atoms with E-state index in [1.165, 1.54) is 0 Å². The molecule has 0 aliphatic carbocycles. The Bertz CT molecular complexity index is 415. The molecule has 3 nitrogen and oxygen atoms in total.